The molecule has 4 nitrogen and oxygen atoms in total. The van der Waals surface area contributed by atoms with Gasteiger partial charge < -0.3 is 0 Å². The third-order valence-corrected chi connectivity index (χ3v) is 2.49. The van der Waals surface area contributed by atoms with Crippen molar-refractivity contribution in [2.24, 2.45) is 0 Å². The maximum absolute atomic E-state index is 11.7. The fourth-order valence-electron chi connectivity index (χ4n) is 1.49. The van der Waals surface area contributed by atoms with E-state index in [1.165, 1.54) is 13.3 Å². The lowest BCUT2D eigenvalue weighted by Gasteiger charge is -2.06. The van der Waals surface area contributed by atoms with Crippen LogP contribution in [0.4, 0.5) is 0 Å². The Morgan fingerprint density at radius 2 is 2.06 bits per heavy atom. The number of halogens is 1. The zero-order valence-electron chi connectivity index (χ0n) is 8.53. The minimum Gasteiger partial charge on any atom is -0.277 e. The number of nitrogens with zero attached hydrogens (tertiary/aromatic N) is 1. The predicted octanol–water partition coefficient (Wildman–Crippen LogP) is 2.18. The van der Waals surface area contributed by atoms with E-state index in [0.29, 0.717) is 10.7 Å². The molecule has 1 N–H and O–H groups in total. The molecule has 0 spiro atoms. The summed E-state index contributed by atoms with van der Waals surface area (Å²) in [5.41, 5.74) is 2.68. The average molecular weight is 237 g/mol. The number of rotatable bonds is 2. The van der Waals surface area contributed by atoms with E-state index in [1.807, 2.05) is 24.3 Å². The summed E-state index contributed by atoms with van der Waals surface area (Å²) in [6.07, 6.45) is 1.43. The first-order chi connectivity index (χ1) is 7.74. The summed E-state index contributed by atoms with van der Waals surface area (Å²) in [6, 6.07) is 7.30. The monoisotopic (exact) mass is 236 g/mol. The van der Waals surface area contributed by atoms with Crippen molar-refractivity contribution in [3.05, 3.63) is 41.2 Å². The van der Waals surface area contributed by atoms with Gasteiger partial charge in [-0.2, -0.15) is 0 Å². The van der Waals surface area contributed by atoms with Crippen molar-refractivity contribution in [2.75, 3.05) is 7.11 Å². The van der Waals surface area contributed by atoms with Crippen LogP contribution in [0.5, 0.6) is 0 Å². The first-order valence-electron chi connectivity index (χ1n) is 4.60. The third kappa shape index (κ3) is 1.85. The number of aromatic nitrogens is 1. The molecule has 1 amide bonds. The summed E-state index contributed by atoms with van der Waals surface area (Å²) < 4.78 is 0. The van der Waals surface area contributed by atoms with E-state index in [4.69, 9.17) is 11.6 Å². The molecule has 0 saturated carbocycles. The van der Waals surface area contributed by atoms with Crippen molar-refractivity contribution in [3.63, 3.8) is 0 Å². The standard InChI is InChI=1S/C11H9ClN2O2/c1-16-14-11(15)9-6-13-10(12)8-5-3-2-4-7(8)9/h2-6H,1H3,(H,14,15). The molecule has 1 aromatic carbocycles. The molecule has 0 aliphatic heterocycles. The molecule has 0 fully saturated rings. The number of hydrogen-bond acceptors (Lipinski definition) is 3. The summed E-state index contributed by atoms with van der Waals surface area (Å²) in [7, 11) is 1.38. The van der Waals surface area contributed by atoms with Crippen LogP contribution in [0, 0.1) is 0 Å². The lowest BCUT2D eigenvalue weighted by Crippen LogP contribution is -2.22. The van der Waals surface area contributed by atoms with E-state index in [2.05, 4.69) is 15.3 Å². The second-order valence-corrected chi connectivity index (χ2v) is 3.50. The van der Waals surface area contributed by atoms with E-state index in [1.54, 1.807) is 0 Å². The molecular weight excluding hydrogens is 228 g/mol. The molecule has 0 radical (unpaired) electrons. The Bertz CT molecular complexity index is 542. The van der Waals surface area contributed by atoms with Gasteiger partial charge in [0.2, 0.25) is 0 Å². The SMILES string of the molecule is CONC(=O)c1cnc(Cl)c2ccccc12. The number of carbonyl (C=O) groups excluding carboxylic acids is 1. The van der Waals surface area contributed by atoms with Crippen LogP contribution in [0.15, 0.2) is 30.5 Å². The molecule has 2 aromatic rings. The highest BCUT2D eigenvalue weighted by Gasteiger charge is 2.11. The molecule has 16 heavy (non-hydrogen) atoms. The topological polar surface area (TPSA) is 51.2 Å². The Labute approximate surface area is 97.1 Å². The number of hydrogen-bond donors (Lipinski definition) is 1. The zero-order valence-corrected chi connectivity index (χ0v) is 9.28. The summed E-state index contributed by atoms with van der Waals surface area (Å²) in [6.45, 7) is 0. The Morgan fingerprint density at radius 3 is 2.75 bits per heavy atom. The molecule has 0 aliphatic rings. The minimum absolute atomic E-state index is 0.345. The smallest absolute Gasteiger partial charge is 0.277 e. The highest BCUT2D eigenvalue weighted by molar-refractivity contribution is 6.34. The minimum atomic E-state index is -0.345. The van der Waals surface area contributed by atoms with Crippen LogP contribution < -0.4 is 5.48 Å². The molecule has 2 rings (SSSR count). The van der Waals surface area contributed by atoms with Gasteiger partial charge >= 0.3 is 0 Å². The number of nitrogens with one attached hydrogen (secondary N) is 1. The van der Waals surface area contributed by atoms with Crippen LogP contribution in [0.25, 0.3) is 10.8 Å². The Morgan fingerprint density at radius 1 is 1.38 bits per heavy atom. The van der Waals surface area contributed by atoms with Crippen LogP contribution in [0.3, 0.4) is 0 Å². The first kappa shape index (κ1) is 10.9. The van der Waals surface area contributed by atoms with Gasteiger partial charge in [0.15, 0.2) is 0 Å². The molecule has 1 heterocycles. The maximum Gasteiger partial charge on any atom is 0.277 e. The van der Waals surface area contributed by atoms with Crippen molar-refractivity contribution < 1.29 is 9.63 Å². The van der Waals surface area contributed by atoms with E-state index >= 15 is 0 Å². The van der Waals surface area contributed by atoms with Crippen molar-refractivity contribution in [1.29, 1.82) is 0 Å². The van der Waals surface area contributed by atoms with E-state index in [0.717, 1.165) is 10.8 Å². The fraction of sp³-hybridized carbons (Fsp3) is 0.0909. The predicted molar refractivity (Wildman–Crippen MR) is 61.2 cm³/mol. The van der Waals surface area contributed by atoms with Gasteiger partial charge in [0.25, 0.3) is 5.91 Å². The highest BCUT2D eigenvalue weighted by atomic mass is 35.5. The van der Waals surface area contributed by atoms with Crippen molar-refractivity contribution in [3.8, 4) is 0 Å². The van der Waals surface area contributed by atoms with E-state index < -0.39 is 0 Å². The van der Waals surface area contributed by atoms with E-state index in [9.17, 15) is 4.79 Å². The van der Waals surface area contributed by atoms with Gasteiger partial charge in [-0.05, 0) is 5.39 Å². The second-order valence-electron chi connectivity index (χ2n) is 3.14. The number of carbonyl (C=O) groups is 1. The van der Waals surface area contributed by atoms with Crippen molar-refractivity contribution >= 4 is 28.3 Å². The van der Waals surface area contributed by atoms with Gasteiger partial charge in [0.05, 0.1) is 12.7 Å². The molecule has 0 unspecified atom stereocenters. The third-order valence-electron chi connectivity index (χ3n) is 2.19. The summed E-state index contributed by atoms with van der Waals surface area (Å²) in [5, 5.41) is 1.87. The maximum atomic E-state index is 11.7. The number of hydroxylamine groups is 1. The molecule has 82 valence electrons. The molecule has 0 aliphatic carbocycles. The average Bonchev–Trinajstić information content (AvgIpc) is 2.30. The lowest BCUT2D eigenvalue weighted by atomic mass is 10.1. The molecule has 1 aromatic heterocycles. The Hall–Kier alpha value is -1.65. The van der Waals surface area contributed by atoms with Gasteiger partial charge in [0, 0.05) is 11.6 Å². The largest absolute Gasteiger partial charge is 0.277 e. The molecule has 0 bridgehead atoms. The normalized spacial score (nSPS) is 10.4. The lowest BCUT2D eigenvalue weighted by molar-refractivity contribution is 0.0539. The van der Waals surface area contributed by atoms with Gasteiger partial charge in [-0.3, -0.25) is 9.63 Å². The van der Waals surface area contributed by atoms with Gasteiger partial charge in [-0.15, -0.1) is 0 Å². The number of amides is 1. The van der Waals surface area contributed by atoms with Crippen LogP contribution in [0.1, 0.15) is 10.4 Å². The zero-order chi connectivity index (χ0) is 11.5. The van der Waals surface area contributed by atoms with Crippen LogP contribution in [-0.2, 0) is 4.84 Å². The summed E-state index contributed by atoms with van der Waals surface area (Å²) in [5.74, 6) is -0.345. The van der Waals surface area contributed by atoms with Gasteiger partial charge in [-0.1, -0.05) is 35.9 Å². The summed E-state index contributed by atoms with van der Waals surface area (Å²) >= 11 is 5.94. The van der Waals surface area contributed by atoms with Crippen molar-refractivity contribution in [2.45, 2.75) is 0 Å². The highest BCUT2D eigenvalue weighted by Crippen LogP contribution is 2.23. The fourth-order valence-corrected chi connectivity index (χ4v) is 1.70. The number of pyridine rings is 1. The van der Waals surface area contributed by atoms with Crippen molar-refractivity contribution in [1.82, 2.24) is 10.5 Å². The Kier molecular flexibility index (Phi) is 3.03. The summed E-state index contributed by atoms with van der Waals surface area (Å²) in [4.78, 5) is 20.2. The Balaban J connectivity index is 2.63. The van der Waals surface area contributed by atoms with Gasteiger partial charge in [0.1, 0.15) is 5.15 Å². The molecule has 5 heteroatoms. The number of fused-ring (bicyclic) bond motifs is 1. The molecule has 0 saturated heterocycles. The number of benzene rings is 1. The quantitative estimate of drug-likeness (QED) is 0.642. The van der Waals surface area contributed by atoms with Crippen LogP contribution in [0.2, 0.25) is 5.15 Å². The van der Waals surface area contributed by atoms with Crippen LogP contribution in [-0.4, -0.2) is 18.0 Å². The second kappa shape index (κ2) is 4.47. The molecule has 0 atom stereocenters. The first-order valence-corrected chi connectivity index (χ1v) is 4.98. The molecular formula is C11H9ClN2O2. The van der Waals surface area contributed by atoms with E-state index in [-0.39, 0.29) is 5.91 Å². The van der Waals surface area contributed by atoms with Gasteiger partial charge in [-0.25, -0.2) is 10.5 Å². The van der Waals surface area contributed by atoms with Crippen LogP contribution >= 0.6 is 11.6 Å².